The van der Waals surface area contributed by atoms with E-state index in [1.807, 2.05) is 12.4 Å². The Morgan fingerprint density at radius 1 is 1.30 bits per heavy atom. The van der Waals surface area contributed by atoms with Crippen molar-refractivity contribution in [3.8, 4) is 16.9 Å². The Labute approximate surface area is 116 Å². The van der Waals surface area contributed by atoms with Gasteiger partial charge in [0, 0.05) is 34.8 Å². The second kappa shape index (κ2) is 4.07. The van der Waals surface area contributed by atoms with Crippen molar-refractivity contribution in [2.45, 2.75) is 26.4 Å². The minimum absolute atomic E-state index is 0.230. The number of aromatic nitrogens is 3. The summed E-state index contributed by atoms with van der Waals surface area (Å²) in [5, 5.41) is 7.94. The average Bonchev–Trinajstić information content (AvgIpc) is 3.07. The Hall–Kier alpha value is -2.36. The average molecular weight is 265 g/mol. The molecule has 0 amide bonds. The molecule has 2 aromatic heterocycles. The van der Waals surface area contributed by atoms with E-state index >= 15 is 0 Å². The van der Waals surface area contributed by atoms with Crippen LogP contribution in [0.25, 0.3) is 22.0 Å². The number of rotatable bonds is 1. The normalized spacial score (nSPS) is 17.2. The highest BCUT2D eigenvalue weighted by Crippen LogP contribution is 2.38. The molecule has 0 radical (unpaired) electrons. The van der Waals surface area contributed by atoms with Crippen molar-refractivity contribution in [3.63, 3.8) is 0 Å². The zero-order chi connectivity index (χ0) is 13.7. The van der Waals surface area contributed by atoms with E-state index in [0.717, 1.165) is 39.9 Å². The number of H-pyrrole nitrogens is 1. The molecule has 100 valence electrons. The van der Waals surface area contributed by atoms with E-state index < -0.39 is 0 Å². The second-order valence-corrected chi connectivity index (χ2v) is 5.36. The molecule has 1 aliphatic heterocycles. The lowest BCUT2D eigenvalue weighted by Gasteiger charge is -2.09. The fraction of sp³-hybridized carbons (Fsp3) is 0.250. The van der Waals surface area contributed by atoms with Gasteiger partial charge < -0.3 is 4.74 Å². The van der Waals surface area contributed by atoms with Crippen LogP contribution in [-0.4, -0.2) is 21.3 Å². The van der Waals surface area contributed by atoms with E-state index in [0.29, 0.717) is 0 Å². The summed E-state index contributed by atoms with van der Waals surface area (Å²) >= 11 is 0. The summed E-state index contributed by atoms with van der Waals surface area (Å²) in [4.78, 5) is 4.70. The molecule has 3 aromatic rings. The molecule has 0 spiro atoms. The Morgan fingerprint density at radius 3 is 3.00 bits per heavy atom. The first-order valence-electron chi connectivity index (χ1n) is 6.81. The molecule has 1 N–H and O–H groups in total. The molecule has 4 rings (SSSR count). The number of pyridine rings is 1. The molecule has 1 aromatic carbocycles. The number of nitrogens with one attached hydrogen (secondary N) is 1. The van der Waals surface area contributed by atoms with Crippen LogP contribution in [0.1, 0.15) is 18.2 Å². The fourth-order valence-electron chi connectivity index (χ4n) is 2.88. The van der Waals surface area contributed by atoms with Crippen molar-refractivity contribution in [3.05, 3.63) is 41.9 Å². The zero-order valence-electron chi connectivity index (χ0n) is 11.5. The van der Waals surface area contributed by atoms with Crippen molar-refractivity contribution in [2.24, 2.45) is 0 Å². The number of aryl methyl sites for hydroxylation is 1. The van der Waals surface area contributed by atoms with Gasteiger partial charge in [-0.1, -0.05) is 6.07 Å². The number of fused-ring (bicyclic) bond motifs is 3. The Kier molecular flexibility index (Phi) is 2.33. The van der Waals surface area contributed by atoms with Crippen molar-refractivity contribution in [1.29, 1.82) is 0 Å². The van der Waals surface area contributed by atoms with Gasteiger partial charge in [0.25, 0.3) is 0 Å². The molecule has 1 aliphatic rings. The van der Waals surface area contributed by atoms with E-state index in [9.17, 15) is 0 Å². The number of ether oxygens (including phenoxy) is 1. The molecule has 1 atom stereocenters. The summed E-state index contributed by atoms with van der Waals surface area (Å²) in [5.74, 6) is 1.00. The summed E-state index contributed by atoms with van der Waals surface area (Å²) in [6.07, 6.45) is 4.90. The third-order valence-electron chi connectivity index (χ3n) is 3.88. The van der Waals surface area contributed by atoms with Gasteiger partial charge in [-0.2, -0.15) is 5.10 Å². The van der Waals surface area contributed by atoms with Crippen LogP contribution in [-0.2, 0) is 6.42 Å². The van der Waals surface area contributed by atoms with Gasteiger partial charge in [-0.25, -0.2) is 0 Å². The standard InChI is InChI=1S/C16H15N3O/c1-9-5-13-10(2)19-15-4-3-11(12-7-17-18-8-12)6-14(15)16(13)20-9/h3-4,6-9H,5H2,1-2H3,(H,17,18)/t9-/m1/s1. The van der Waals surface area contributed by atoms with Gasteiger partial charge in [0.2, 0.25) is 0 Å². The molecule has 0 fully saturated rings. The van der Waals surface area contributed by atoms with Crippen LogP contribution < -0.4 is 4.74 Å². The van der Waals surface area contributed by atoms with E-state index in [-0.39, 0.29) is 6.10 Å². The molecule has 20 heavy (non-hydrogen) atoms. The van der Waals surface area contributed by atoms with Crippen LogP contribution in [0.4, 0.5) is 0 Å². The Bertz CT molecular complexity index is 793. The van der Waals surface area contributed by atoms with E-state index in [2.05, 4.69) is 42.2 Å². The maximum atomic E-state index is 6.01. The molecule has 3 heterocycles. The molecule has 4 nitrogen and oxygen atoms in total. The molecule has 0 bridgehead atoms. The van der Waals surface area contributed by atoms with E-state index in [4.69, 9.17) is 9.72 Å². The first-order chi connectivity index (χ1) is 9.72. The van der Waals surface area contributed by atoms with Crippen LogP contribution in [0.2, 0.25) is 0 Å². The number of hydrogen-bond donors (Lipinski definition) is 1. The smallest absolute Gasteiger partial charge is 0.134 e. The highest BCUT2D eigenvalue weighted by Gasteiger charge is 2.24. The zero-order valence-corrected chi connectivity index (χ0v) is 11.5. The lowest BCUT2D eigenvalue weighted by atomic mass is 10.0. The van der Waals surface area contributed by atoms with Gasteiger partial charge in [-0.15, -0.1) is 0 Å². The van der Waals surface area contributed by atoms with Crippen molar-refractivity contribution < 1.29 is 4.74 Å². The predicted octanol–water partition coefficient (Wildman–Crippen LogP) is 3.26. The quantitative estimate of drug-likeness (QED) is 0.734. The molecule has 0 saturated carbocycles. The molecule has 0 unspecified atom stereocenters. The van der Waals surface area contributed by atoms with Gasteiger partial charge in [-0.05, 0) is 31.5 Å². The molecule has 0 aliphatic carbocycles. The summed E-state index contributed by atoms with van der Waals surface area (Å²) in [6.45, 7) is 4.16. The highest BCUT2D eigenvalue weighted by atomic mass is 16.5. The maximum absolute atomic E-state index is 6.01. The molecular weight excluding hydrogens is 250 g/mol. The molecular formula is C16H15N3O. The molecule has 4 heteroatoms. The van der Waals surface area contributed by atoms with E-state index in [1.54, 1.807) is 0 Å². The van der Waals surface area contributed by atoms with Crippen LogP contribution >= 0.6 is 0 Å². The largest absolute Gasteiger partial charge is 0.489 e. The van der Waals surface area contributed by atoms with Gasteiger partial charge in [0.05, 0.1) is 11.7 Å². The lowest BCUT2D eigenvalue weighted by molar-refractivity contribution is 0.257. The number of hydrogen-bond acceptors (Lipinski definition) is 3. The van der Waals surface area contributed by atoms with Crippen LogP contribution in [0, 0.1) is 6.92 Å². The minimum Gasteiger partial charge on any atom is -0.489 e. The highest BCUT2D eigenvalue weighted by molar-refractivity contribution is 5.91. The fourth-order valence-corrected chi connectivity index (χ4v) is 2.88. The second-order valence-electron chi connectivity index (χ2n) is 5.36. The first-order valence-corrected chi connectivity index (χ1v) is 6.81. The first kappa shape index (κ1) is 11.5. The summed E-state index contributed by atoms with van der Waals surface area (Å²) in [6, 6.07) is 6.27. The van der Waals surface area contributed by atoms with E-state index in [1.165, 1.54) is 5.56 Å². The Morgan fingerprint density at radius 2 is 2.20 bits per heavy atom. The van der Waals surface area contributed by atoms with Crippen molar-refractivity contribution >= 4 is 10.9 Å². The van der Waals surface area contributed by atoms with Crippen molar-refractivity contribution in [1.82, 2.24) is 15.2 Å². The number of aromatic amines is 1. The van der Waals surface area contributed by atoms with Crippen molar-refractivity contribution in [2.75, 3.05) is 0 Å². The van der Waals surface area contributed by atoms with Crippen LogP contribution in [0.5, 0.6) is 5.75 Å². The third kappa shape index (κ3) is 1.61. The van der Waals surface area contributed by atoms with Gasteiger partial charge in [0.15, 0.2) is 0 Å². The summed E-state index contributed by atoms with van der Waals surface area (Å²) in [5.41, 5.74) is 5.51. The lowest BCUT2D eigenvalue weighted by Crippen LogP contribution is -2.05. The summed E-state index contributed by atoms with van der Waals surface area (Å²) < 4.78 is 6.01. The SMILES string of the molecule is Cc1nc2ccc(-c3cn[nH]c3)cc2c2c1C[C@@H](C)O2. The van der Waals surface area contributed by atoms with Crippen LogP contribution in [0.3, 0.4) is 0 Å². The minimum atomic E-state index is 0.230. The topological polar surface area (TPSA) is 50.8 Å². The monoisotopic (exact) mass is 265 g/mol. The summed E-state index contributed by atoms with van der Waals surface area (Å²) in [7, 11) is 0. The predicted molar refractivity (Wildman–Crippen MR) is 77.9 cm³/mol. The van der Waals surface area contributed by atoms with Gasteiger partial charge in [0.1, 0.15) is 11.9 Å². The van der Waals surface area contributed by atoms with Crippen LogP contribution in [0.15, 0.2) is 30.6 Å². The number of nitrogens with zero attached hydrogens (tertiary/aromatic N) is 2. The number of benzene rings is 1. The maximum Gasteiger partial charge on any atom is 0.134 e. The Balaban J connectivity index is 1.98. The van der Waals surface area contributed by atoms with Gasteiger partial charge in [-0.3, -0.25) is 10.1 Å². The van der Waals surface area contributed by atoms with Gasteiger partial charge >= 0.3 is 0 Å². The molecule has 0 saturated heterocycles. The third-order valence-corrected chi connectivity index (χ3v) is 3.88.